The molecule has 0 aliphatic rings. The fourth-order valence-electron chi connectivity index (χ4n) is 4.62. The molecule has 0 radical (unpaired) electrons. The van der Waals surface area contributed by atoms with Crippen molar-refractivity contribution in [3.05, 3.63) is 70.7 Å². The normalized spacial score (nSPS) is 11.8. The van der Waals surface area contributed by atoms with Crippen LogP contribution in [-0.4, -0.2) is 73.1 Å². The number of rotatable bonds is 14. The van der Waals surface area contributed by atoms with Gasteiger partial charge in [0.15, 0.2) is 0 Å². The molecule has 0 unspecified atom stereocenters. The molecule has 0 fully saturated rings. The first-order valence-corrected chi connectivity index (χ1v) is 13.2. The van der Waals surface area contributed by atoms with Crippen LogP contribution in [0.4, 0.5) is 0 Å². The van der Waals surface area contributed by atoms with E-state index in [1.54, 1.807) is 0 Å². The highest BCUT2D eigenvalue weighted by molar-refractivity contribution is 6.35. The molecule has 2 aromatic carbocycles. The highest BCUT2D eigenvalue weighted by atomic mass is 35.5. The largest absolute Gasteiger partial charge is 0.342 e. The lowest BCUT2D eigenvalue weighted by Crippen LogP contribution is -2.53. The van der Waals surface area contributed by atoms with Crippen LogP contribution in [0.3, 0.4) is 0 Å². The molecule has 0 heterocycles. The minimum Gasteiger partial charge on any atom is -0.342 e. The van der Waals surface area contributed by atoms with Crippen molar-refractivity contribution >= 4 is 23.4 Å². The first-order chi connectivity index (χ1) is 16.8. The zero-order valence-electron chi connectivity index (χ0n) is 21.9. The van der Waals surface area contributed by atoms with E-state index in [-0.39, 0.29) is 0 Å². The van der Waals surface area contributed by atoms with E-state index in [1.165, 1.54) is 5.56 Å². The van der Waals surface area contributed by atoms with E-state index in [4.69, 9.17) is 11.6 Å². The number of nitrogens with zero attached hydrogens (tertiary/aromatic N) is 2. The molecular weight excluding hydrogens is 460 g/mol. The van der Waals surface area contributed by atoms with E-state index < -0.39 is 11.8 Å². The van der Waals surface area contributed by atoms with Crippen molar-refractivity contribution < 1.29 is 18.6 Å². The van der Waals surface area contributed by atoms with E-state index in [1.807, 2.05) is 24.3 Å². The summed E-state index contributed by atoms with van der Waals surface area (Å²) in [7, 11) is 0. The van der Waals surface area contributed by atoms with Gasteiger partial charge in [-0.2, -0.15) is 0 Å². The molecule has 192 valence electrons. The lowest BCUT2D eigenvalue weighted by atomic mass is 10.1. The number of hydrogen-bond donors (Lipinski definition) is 2. The maximum absolute atomic E-state index is 12.4. The van der Waals surface area contributed by atoms with E-state index in [0.29, 0.717) is 13.1 Å². The van der Waals surface area contributed by atoms with Crippen molar-refractivity contribution in [3.63, 3.8) is 0 Å². The van der Waals surface area contributed by atoms with E-state index >= 15 is 0 Å². The summed E-state index contributed by atoms with van der Waals surface area (Å²) >= 11 is 6.38. The first kappa shape index (κ1) is 28.8. The van der Waals surface area contributed by atoms with Crippen LogP contribution in [0.25, 0.3) is 0 Å². The van der Waals surface area contributed by atoms with Crippen LogP contribution in [0.2, 0.25) is 5.02 Å². The topological polar surface area (TPSA) is 58.2 Å². The molecule has 2 aromatic rings. The van der Waals surface area contributed by atoms with Crippen molar-refractivity contribution in [2.75, 3.05) is 52.4 Å². The van der Waals surface area contributed by atoms with Crippen LogP contribution >= 0.6 is 11.6 Å². The number of quaternary nitrogens is 2. The summed E-state index contributed by atoms with van der Waals surface area (Å²) < 4.78 is 1.65. The van der Waals surface area contributed by atoms with E-state index in [0.717, 1.165) is 71.9 Å². The summed E-state index contributed by atoms with van der Waals surface area (Å²) in [5.74, 6) is -1.13. The Bertz CT molecular complexity index is 928. The number of carbonyl (C=O) groups is 2. The third-order valence-electron chi connectivity index (χ3n) is 7.46. The smallest absolute Gasteiger partial charge is 0.309 e. The zero-order valence-corrected chi connectivity index (χ0v) is 22.6. The number of nitrogens with one attached hydrogen (secondary N) is 2. The second-order valence-corrected chi connectivity index (χ2v) is 9.71. The number of benzene rings is 2. The predicted octanol–water partition coefficient (Wildman–Crippen LogP) is 3.99. The van der Waals surface area contributed by atoms with Crippen LogP contribution < -0.4 is 10.6 Å². The lowest BCUT2D eigenvalue weighted by Gasteiger charge is -2.37. The Morgan fingerprint density at radius 3 is 1.63 bits per heavy atom. The number of likely N-dealkylation sites (N-methyl/N-ethyl adjacent to an activating group) is 2. The molecule has 0 saturated heterocycles. The van der Waals surface area contributed by atoms with Gasteiger partial charge in [-0.05, 0) is 33.8 Å². The van der Waals surface area contributed by atoms with Gasteiger partial charge < -0.3 is 19.6 Å². The standard InChI is InChI=1S/C28H41ClN4O2/c1-5-32(6-2,22-24-14-10-9-11-15-24)20-18-30-27(34)28(35)31-19-21-33(7-3,8-4)23-25-16-12-13-17-26(25)29/h9-17H,5-8,18-23H2,1-4H3/p+2. The van der Waals surface area contributed by atoms with Gasteiger partial charge in [-0.1, -0.05) is 60.1 Å². The Morgan fingerprint density at radius 1 is 0.686 bits per heavy atom. The summed E-state index contributed by atoms with van der Waals surface area (Å²) in [5.41, 5.74) is 2.39. The number of carbonyl (C=O) groups excluding carboxylic acids is 2. The Labute approximate surface area is 216 Å². The SMILES string of the molecule is CC[N+](CC)(CCNC(=O)C(=O)NCC[N+](CC)(CC)Cc1ccccc1Cl)Cc1ccccc1. The molecule has 7 heteroatoms. The Kier molecular flexibility index (Phi) is 11.7. The maximum Gasteiger partial charge on any atom is 0.309 e. The summed E-state index contributed by atoms with van der Waals surface area (Å²) in [5, 5.41) is 6.41. The molecule has 6 nitrogen and oxygen atoms in total. The fourth-order valence-corrected chi connectivity index (χ4v) is 4.81. The molecule has 0 bridgehead atoms. The summed E-state index contributed by atoms with van der Waals surface area (Å²) in [6.45, 7) is 16.5. The van der Waals surface area contributed by atoms with Gasteiger partial charge in [0, 0.05) is 16.1 Å². The molecule has 0 aliphatic heterocycles. The highest BCUT2D eigenvalue weighted by Crippen LogP contribution is 2.21. The second kappa shape index (κ2) is 14.2. The molecule has 0 aromatic heterocycles. The Morgan fingerprint density at radius 2 is 1.14 bits per heavy atom. The maximum atomic E-state index is 12.4. The third kappa shape index (κ3) is 8.64. The quantitative estimate of drug-likeness (QED) is 0.303. The van der Waals surface area contributed by atoms with Crippen molar-refractivity contribution in [1.82, 2.24) is 10.6 Å². The number of hydrogen-bond acceptors (Lipinski definition) is 2. The van der Waals surface area contributed by atoms with Gasteiger partial charge in [0.1, 0.15) is 13.1 Å². The van der Waals surface area contributed by atoms with Crippen molar-refractivity contribution in [1.29, 1.82) is 0 Å². The molecule has 35 heavy (non-hydrogen) atoms. The predicted molar refractivity (Wildman–Crippen MR) is 144 cm³/mol. The average Bonchev–Trinajstić information content (AvgIpc) is 2.89. The molecule has 0 spiro atoms. The molecule has 0 aliphatic carbocycles. The molecular formula is C28H43ClN4O2+2. The molecule has 2 amide bonds. The van der Waals surface area contributed by atoms with Crippen molar-refractivity contribution in [3.8, 4) is 0 Å². The van der Waals surface area contributed by atoms with Gasteiger partial charge in [0.2, 0.25) is 0 Å². The average molecular weight is 503 g/mol. The van der Waals surface area contributed by atoms with Crippen LogP contribution in [0.15, 0.2) is 54.6 Å². The highest BCUT2D eigenvalue weighted by Gasteiger charge is 2.26. The Balaban J connectivity index is 1.84. The molecule has 0 atom stereocenters. The summed E-state index contributed by atoms with van der Waals surface area (Å²) in [6, 6.07) is 18.3. The van der Waals surface area contributed by atoms with E-state index in [2.05, 4.69) is 68.7 Å². The van der Waals surface area contributed by atoms with E-state index in [9.17, 15) is 9.59 Å². The lowest BCUT2D eigenvalue weighted by molar-refractivity contribution is -0.936. The number of amides is 2. The van der Waals surface area contributed by atoms with Gasteiger partial charge in [-0.15, -0.1) is 0 Å². The van der Waals surface area contributed by atoms with Crippen LogP contribution in [0.1, 0.15) is 38.8 Å². The van der Waals surface area contributed by atoms with Crippen LogP contribution in [0.5, 0.6) is 0 Å². The van der Waals surface area contributed by atoms with Crippen molar-refractivity contribution in [2.24, 2.45) is 0 Å². The van der Waals surface area contributed by atoms with Crippen molar-refractivity contribution in [2.45, 2.75) is 40.8 Å². The third-order valence-corrected chi connectivity index (χ3v) is 7.83. The monoisotopic (exact) mass is 502 g/mol. The minimum atomic E-state index is -0.567. The first-order valence-electron chi connectivity index (χ1n) is 12.9. The Hall–Kier alpha value is -2.41. The summed E-state index contributed by atoms with van der Waals surface area (Å²) in [6.07, 6.45) is 0. The van der Waals surface area contributed by atoms with Gasteiger partial charge in [0.25, 0.3) is 0 Å². The van der Waals surface area contributed by atoms with Gasteiger partial charge in [0.05, 0.1) is 52.4 Å². The van der Waals surface area contributed by atoms with Gasteiger partial charge in [-0.3, -0.25) is 9.59 Å². The molecule has 0 saturated carbocycles. The minimum absolute atomic E-state index is 0.441. The summed E-state index contributed by atoms with van der Waals surface area (Å²) in [4.78, 5) is 24.9. The zero-order chi connectivity index (χ0) is 25.7. The van der Waals surface area contributed by atoms with Gasteiger partial charge >= 0.3 is 11.8 Å². The molecule has 2 N–H and O–H groups in total. The van der Waals surface area contributed by atoms with Crippen LogP contribution in [0, 0.1) is 0 Å². The van der Waals surface area contributed by atoms with Gasteiger partial charge in [-0.25, -0.2) is 0 Å². The second-order valence-electron chi connectivity index (χ2n) is 9.30. The fraction of sp³-hybridized carbons (Fsp3) is 0.500. The number of halogens is 1. The van der Waals surface area contributed by atoms with Crippen LogP contribution in [-0.2, 0) is 22.7 Å². The molecule has 2 rings (SSSR count).